The van der Waals surface area contributed by atoms with Gasteiger partial charge in [0.1, 0.15) is 5.69 Å². The minimum Gasteiger partial charge on any atom is -0.317 e. The van der Waals surface area contributed by atoms with Gasteiger partial charge < -0.3 is 15.1 Å². The number of hydrogen-bond acceptors (Lipinski definition) is 4. The Balaban J connectivity index is 1.70. The molecule has 0 bridgehead atoms. The zero-order chi connectivity index (χ0) is 11.8. The summed E-state index contributed by atoms with van der Waals surface area (Å²) in [6.07, 6.45) is 1.85. The molecule has 1 aromatic rings. The van der Waals surface area contributed by atoms with E-state index < -0.39 is 0 Å². The molecular weight excluding hydrogens is 220 g/mol. The first-order chi connectivity index (χ1) is 8.24. The normalized spacial score (nSPS) is 24.3. The maximum Gasteiger partial charge on any atom is 0.320 e. The quantitative estimate of drug-likeness (QED) is 0.717. The molecule has 3 heterocycles. The van der Waals surface area contributed by atoms with Crippen LogP contribution in [0.15, 0.2) is 6.20 Å². The number of carbonyl (C=O) groups excluding carboxylic acids is 1. The second-order valence-corrected chi connectivity index (χ2v) is 4.60. The fourth-order valence-corrected chi connectivity index (χ4v) is 2.49. The van der Waals surface area contributed by atoms with E-state index in [0.29, 0.717) is 12.6 Å². The predicted molar refractivity (Wildman–Crippen MR) is 60.2 cm³/mol. The second-order valence-electron chi connectivity index (χ2n) is 4.60. The van der Waals surface area contributed by atoms with Gasteiger partial charge in [-0.1, -0.05) is 5.21 Å². The van der Waals surface area contributed by atoms with Crippen molar-refractivity contribution in [2.24, 2.45) is 7.05 Å². The Morgan fingerprint density at radius 2 is 2.47 bits per heavy atom. The first kappa shape index (κ1) is 10.5. The van der Waals surface area contributed by atoms with E-state index in [4.69, 9.17) is 0 Å². The van der Waals surface area contributed by atoms with Crippen molar-refractivity contribution in [3.8, 4) is 0 Å². The van der Waals surface area contributed by atoms with Gasteiger partial charge in [-0.2, -0.15) is 0 Å². The minimum atomic E-state index is 0.127. The van der Waals surface area contributed by atoms with Crippen LogP contribution < -0.4 is 5.32 Å². The van der Waals surface area contributed by atoms with Crippen LogP contribution in [0.5, 0.6) is 0 Å². The zero-order valence-corrected chi connectivity index (χ0v) is 9.83. The van der Waals surface area contributed by atoms with Crippen LogP contribution in [0.4, 0.5) is 4.79 Å². The fraction of sp³-hybridized carbons (Fsp3) is 0.700. The molecule has 2 aliphatic rings. The highest BCUT2D eigenvalue weighted by atomic mass is 16.2. The van der Waals surface area contributed by atoms with Crippen molar-refractivity contribution in [3.05, 3.63) is 11.9 Å². The lowest BCUT2D eigenvalue weighted by Crippen LogP contribution is -2.49. The molecule has 2 amide bonds. The van der Waals surface area contributed by atoms with E-state index in [2.05, 4.69) is 15.6 Å². The fourth-order valence-electron chi connectivity index (χ4n) is 2.49. The van der Waals surface area contributed by atoms with E-state index in [0.717, 1.165) is 31.9 Å². The number of rotatable bonds is 2. The number of carbonyl (C=O) groups is 1. The SMILES string of the molecule is Cn1cc(CN2CC3CNCCN3C2=O)nn1. The molecule has 2 saturated heterocycles. The number of nitrogens with one attached hydrogen (secondary N) is 1. The van der Waals surface area contributed by atoms with Gasteiger partial charge in [0, 0.05) is 39.4 Å². The topological polar surface area (TPSA) is 66.3 Å². The van der Waals surface area contributed by atoms with Crippen LogP contribution in [0.2, 0.25) is 0 Å². The lowest BCUT2D eigenvalue weighted by atomic mass is 10.2. The highest BCUT2D eigenvalue weighted by molar-refractivity contribution is 5.77. The molecule has 1 aromatic heterocycles. The van der Waals surface area contributed by atoms with Gasteiger partial charge in [0.05, 0.1) is 12.6 Å². The van der Waals surface area contributed by atoms with E-state index in [1.807, 2.05) is 23.0 Å². The van der Waals surface area contributed by atoms with Crippen molar-refractivity contribution in [3.63, 3.8) is 0 Å². The van der Waals surface area contributed by atoms with Crippen LogP contribution in [-0.2, 0) is 13.6 Å². The van der Waals surface area contributed by atoms with Crippen LogP contribution in [0.3, 0.4) is 0 Å². The Bertz CT molecular complexity index is 430. The molecule has 0 aliphatic carbocycles. The van der Waals surface area contributed by atoms with Crippen LogP contribution in [0.1, 0.15) is 5.69 Å². The molecular formula is C10H16N6O. The number of urea groups is 1. The van der Waals surface area contributed by atoms with E-state index >= 15 is 0 Å². The number of fused-ring (bicyclic) bond motifs is 1. The molecule has 0 radical (unpaired) electrons. The number of piperazine rings is 1. The van der Waals surface area contributed by atoms with Crippen LogP contribution in [0.25, 0.3) is 0 Å². The largest absolute Gasteiger partial charge is 0.320 e. The molecule has 3 rings (SSSR count). The first-order valence-corrected chi connectivity index (χ1v) is 5.85. The highest BCUT2D eigenvalue weighted by Gasteiger charge is 2.38. The van der Waals surface area contributed by atoms with Crippen LogP contribution >= 0.6 is 0 Å². The Morgan fingerprint density at radius 3 is 3.18 bits per heavy atom. The summed E-state index contributed by atoms with van der Waals surface area (Å²) in [6.45, 7) is 3.92. The molecule has 7 heteroatoms. The van der Waals surface area contributed by atoms with Crippen LogP contribution in [0, 0.1) is 0 Å². The van der Waals surface area contributed by atoms with Crippen molar-refractivity contribution < 1.29 is 4.79 Å². The second kappa shape index (κ2) is 3.99. The summed E-state index contributed by atoms with van der Waals surface area (Å²) in [5.41, 5.74) is 0.841. The van der Waals surface area contributed by atoms with Gasteiger partial charge in [0.2, 0.25) is 0 Å². The van der Waals surface area contributed by atoms with E-state index in [1.165, 1.54) is 0 Å². The molecule has 1 N–H and O–H groups in total. The van der Waals surface area contributed by atoms with Crippen molar-refractivity contribution in [1.29, 1.82) is 0 Å². The van der Waals surface area contributed by atoms with E-state index in [9.17, 15) is 4.79 Å². The summed E-state index contributed by atoms with van der Waals surface area (Å²) in [5.74, 6) is 0. The number of aryl methyl sites for hydroxylation is 1. The molecule has 92 valence electrons. The summed E-state index contributed by atoms with van der Waals surface area (Å²) >= 11 is 0. The third kappa shape index (κ3) is 1.86. The summed E-state index contributed by atoms with van der Waals surface area (Å²) in [7, 11) is 1.83. The third-order valence-corrected chi connectivity index (χ3v) is 3.30. The van der Waals surface area contributed by atoms with Gasteiger partial charge in [-0.15, -0.1) is 5.10 Å². The van der Waals surface area contributed by atoms with Crippen molar-refractivity contribution in [2.45, 2.75) is 12.6 Å². The average Bonchev–Trinajstić information content (AvgIpc) is 2.86. The molecule has 1 unspecified atom stereocenters. The summed E-state index contributed by atoms with van der Waals surface area (Å²) < 4.78 is 1.66. The van der Waals surface area contributed by atoms with Crippen molar-refractivity contribution in [1.82, 2.24) is 30.1 Å². The molecule has 2 aliphatic heterocycles. The third-order valence-electron chi connectivity index (χ3n) is 3.30. The highest BCUT2D eigenvalue weighted by Crippen LogP contribution is 2.18. The molecule has 1 atom stereocenters. The number of amides is 2. The predicted octanol–water partition coefficient (Wildman–Crippen LogP) is -0.975. The monoisotopic (exact) mass is 236 g/mol. The maximum absolute atomic E-state index is 12.1. The van der Waals surface area contributed by atoms with E-state index in [-0.39, 0.29) is 6.03 Å². The van der Waals surface area contributed by atoms with Gasteiger partial charge in [-0.25, -0.2) is 4.79 Å². The summed E-state index contributed by atoms with van der Waals surface area (Å²) in [4.78, 5) is 15.9. The lowest BCUT2D eigenvalue weighted by Gasteiger charge is -2.28. The van der Waals surface area contributed by atoms with Crippen molar-refractivity contribution >= 4 is 6.03 Å². The molecule has 2 fully saturated rings. The van der Waals surface area contributed by atoms with Gasteiger partial charge in [0.25, 0.3) is 0 Å². The Hall–Kier alpha value is -1.63. The van der Waals surface area contributed by atoms with Crippen LogP contribution in [-0.4, -0.2) is 63.0 Å². The number of nitrogens with zero attached hydrogens (tertiary/aromatic N) is 5. The molecule has 0 saturated carbocycles. The Morgan fingerprint density at radius 1 is 1.59 bits per heavy atom. The summed E-state index contributed by atoms with van der Waals surface area (Å²) in [6, 6.07) is 0.440. The van der Waals surface area contributed by atoms with Gasteiger partial charge in [-0.3, -0.25) is 4.68 Å². The number of hydrogen-bond donors (Lipinski definition) is 1. The number of aromatic nitrogens is 3. The molecule has 17 heavy (non-hydrogen) atoms. The van der Waals surface area contributed by atoms with Gasteiger partial charge >= 0.3 is 6.03 Å². The van der Waals surface area contributed by atoms with E-state index in [1.54, 1.807) is 4.68 Å². The molecule has 0 aromatic carbocycles. The Kier molecular flexibility index (Phi) is 2.47. The van der Waals surface area contributed by atoms with Crippen molar-refractivity contribution in [2.75, 3.05) is 26.2 Å². The summed E-state index contributed by atoms with van der Waals surface area (Å²) in [5, 5.41) is 11.2. The molecule has 0 spiro atoms. The minimum absolute atomic E-state index is 0.127. The lowest BCUT2D eigenvalue weighted by molar-refractivity contribution is 0.178. The zero-order valence-electron chi connectivity index (χ0n) is 9.83. The average molecular weight is 236 g/mol. The molecule has 7 nitrogen and oxygen atoms in total. The first-order valence-electron chi connectivity index (χ1n) is 5.85. The maximum atomic E-state index is 12.1. The smallest absolute Gasteiger partial charge is 0.317 e. The standard InChI is InChI=1S/C10H16N6O/c1-14-5-8(12-13-14)6-15-7-9-4-11-2-3-16(9)10(15)17/h5,9,11H,2-4,6-7H2,1H3. The van der Waals surface area contributed by atoms with Gasteiger partial charge in [0.15, 0.2) is 0 Å². The van der Waals surface area contributed by atoms with Gasteiger partial charge in [-0.05, 0) is 0 Å². The Labute approximate surface area is 99.4 Å².